The molecule has 2 rings (SSSR count). The van der Waals surface area contributed by atoms with Gasteiger partial charge in [-0.3, -0.25) is 9.78 Å². The van der Waals surface area contributed by atoms with Gasteiger partial charge in [0.2, 0.25) is 5.91 Å². The van der Waals surface area contributed by atoms with Gasteiger partial charge in [-0.05, 0) is 11.6 Å². The van der Waals surface area contributed by atoms with Crippen molar-refractivity contribution in [2.45, 2.75) is 12.1 Å². The van der Waals surface area contributed by atoms with Gasteiger partial charge in [0.1, 0.15) is 5.92 Å². The van der Waals surface area contributed by atoms with Crippen LogP contribution in [0.3, 0.4) is 0 Å². The van der Waals surface area contributed by atoms with Gasteiger partial charge in [0.25, 0.3) is 0 Å². The Morgan fingerprint density at radius 2 is 1.86 bits per heavy atom. The van der Waals surface area contributed by atoms with Crippen LogP contribution in [-0.2, 0) is 11.0 Å². The molecule has 0 aliphatic carbocycles. The Balaban J connectivity index is 2.50. The highest BCUT2D eigenvalue weighted by atomic mass is 35.5. The molecule has 1 amide bonds. The van der Waals surface area contributed by atoms with Crippen LogP contribution in [0.1, 0.15) is 22.7 Å². The third-order valence-electron chi connectivity index (χ3n) is 2.89. The standard InChI is InChI=1S/C14H10ClF3N2O/c15-10-6-9(14(16,17)18)7-20-12(10)11(13(19)21)8-4-2-1-3-5-8/h1-7,11H,(H2,19,21). The molecule has 110 valence electrons. The first-order valence-corrected chi connectivity index (χ1v) is 6.25. The normalized spacial score (nSPS) is 13.0. The molecule has 0 aliphatic heterocycles. The number of alkyl halides is 3. The smallest absolute Gasteiger partial charge is 0.369 e. The van der Waals surface area contributed by atoms with Crippen LogP contribution in [0.15, 0.2) is 42.6 Å². The first kappa shape index (κ1) is 15.3. The predicted molar refractivity (Wildman–Crippen MR) is 71.7 cm³/mol. The first-order chi connectivity index (χ1) is 9.80. The minimum Gasteiger partial charge on any atom is -0.369 e. The van der Waals surface area contributed by atoms with Gasteiger partial charge in [-0.15, -0.1) is 0 Å². The summed E-state index contributed by atoms with van der Waals surface area (Å²) in [5.74, 6) is -1.74. The lowest BCUT2D eigenvalue weighted by Gasteiger charge is -2.16. The van der Waals surface area contributed by atoms with Crippen LogP contribution in [0.25, 0.3) is 0 Å². The Kier molecular flexibility index (Phi) is 4.18. The van der Waals surface area contributed by atoms with Crippen molar-refractivity contribution in [2.24, 2.45) is 5.73 Å². The molecular formula is C14H10ClF3N2O. The van der Waals surface area contributed by atoms with Gasteiger partial charge >= 0.3 is 6.18 Å². The summed E-state index contributed by atoms with van der Waals surface area (Å²) in [6, 6.07) is 9.11. The van der Waals surface area contributed by atoms with Crippen LogP contribution in [0.5, 0.6) is 0 Å². The van der Waals surface area contributed by atoms with E-state index in [0.717, 1.165) is 6.07 Å². The van der Waals surface area contributed by atoms with Gasteiger partial charge in [0, 0.05) is 6.20 Å². The number of pyridine rings is 1. The molecule has 0 radical (unpaired) electrons. The van der Waals surface area contributed by atoms with Crippen molar-refractivity contribution in [2.75, 3.05) is 0 Å². The Morgan fingerprint density at radius 1 is 1.24 bits per heavy atom. The minimum absolute atomic E-state index is 0.00312. The molecule has 1 aromatic carbocycles. The SMILES string of the molecule is NC(=O)C(c1ccccc1)c1ncc(C(F)(F)F)cc1Cl. The maximum absolute atomic E-state index is 12.6. The van der Waals surface area contributed by atoms with Gasteiger partial charge < -0.3 is 5.73 Å². The van der Waals surface area contributed by atoms with E-state index in [1.807, 2.05) is 0 Å². The molecule has 0 aliphatic rings. The second-order valence-electron chi connectivity index (χ2n) is 4.33. The van der Waals surface area contributed by atoms with E-state index in [1.165, 1.54) is 0 Å². The highest BCUT2D eigenvalue weighted by Crippen LogP contribution is 2.34. The number of benzene rings is 1. The molecule has 2 aromatic rings. The number of rotatable bonds is 3. The number of halogens is 4. The molecular weight excluding hydrogens is 305 g/mol. The van der Waals surface area contributed by atoms with Crippen molar-refractivity contribution in [3.8, 4) is 0 Å². The quantitative estimate of drug-likeness (QED) is 0.944. The zero-order chi connectivity index (χ0) is 15.6. The topological polar surface area (TPSA) is 56.0 Å². The number of nitrogens with two attached hydrogens (primary N) is 1. The molecule has 1 aromatic heterocycles. The van der Waals surface area contributed by atoms with Crippen LogP contribution in [0.2, 0.25) is 5.02 Å². The second kappa shape index (κ2) is 5.73. The lowest BCUT2D eigenvalue weighted by molar-refractivity contribution is -0.137. The van der Waals surface area contributed by atoms with E-state index >= 15 is 0 Å². The Hall–Kier alpha value is -2.08. The molecule has 21 heavy (non-hydrogen) atoms. The summed E-state index contributed by atoms with van der Waals surface area (Å²) in [6.45, 7) is 0. The number of nitrogens with zero attached hydrogens (tertiary/aromatic N) is 1. The molecule has 0 bridgehead atoms. The average molecular weight is 315 g/mol. The van der Waals surface area contributed by atoms with Crippen LogP contribution in [0.4, 0.5) is 13.2 Å². The fraction of sp³-hybridized carbons (Fsp3) is 0.143. The molecule has 3 nitrogen and oxygen atoms in total. The zero-order valence-electron chi connectivity index (χ0n) is 10.6. The van der Waals surface area contributed by atoms with Crippen molar-refractivity contribution in [1.82, 2.24) is 4.98 Å². The molecule has 1 atom stereocenters. The summed E-state index contributed by atoms with van der Waals surface area (Å²) >= 11 is 5.85. The maximum Gasteiger partial charge on any atom is 0.417 e. The Bertz CT molecular complexity index is 659. The molecule has 7 heteroatoms. The number of hydrogen-bond acceptors (Lipinski definition) is 2. The number of carbonyl (C=O) groups excluding carboxylic acids is 1. The van der Waals surface area contributed by atoms with Gasteiger partial charge in [-0.1, -0.05) is 41.9 Å². The predicted octanol–water partition coefficient (Wildman–Crippen LogP) is 3.37. The Labute approximate surface area is 123 Å². The maximum atomic E-state index is 12.6. The molecule has 0 fully saturated rings. The van der Waals surface area contributed by atoms with Crippen LogP contribution >= 0.6 is 11.6 Å². The lowest BCUT2D eigenvalue weighted by atomic mass is 9.94. The van der Waals surface area contributed by atoms with E-state index in [1.54, 1.807) is 30.3 Å². The summed E-state index contributed by atoms with van der Waals surface area (Å²) in [4.78, 5) is 15.3. The number of aromatic nitrogens is 1. The zero-order valence-corrected chi connectivity index (χ0v) is 11.3. The van der Waals surface area contributed by atoms with Crippen molar-refractivity contribution < 1.29 is 18.0 Å². The van der Waals surface area contributed by atoms with Crippen molar-refractivity contribution in [3.05, 3.63) is 64.4 Å². The van der Waals surface area contributed by atoms with Crippen molar-refractivity contribution >= 4 is 17.5 Å². The highest BCUT2D eigenvalue weighted by Gasteiger charge is 2.33. The highest BCUT2D eigenvalue weighted by molar-refractivity contribution is 6.31. The molecule has 0 saturated heterocycles. The summed E-state index contributed by atoms with van der Waals surface area (Å²) in [6.07, 6.45) is -3.91. The third kappa shape index (κ3) is 3.33. The van der Waals surface area contributed by atoms with Gasteiger partial charge in [-0.25, -0.2) is 0 Å². The summed E-state index contributed by atoms with van der Waals surface area (Å²) in [5, 5.41) is -0.252. The van der Waals surface area contributed by atoms with E-state index in [-0.39, 0.29) is 10.7 Å². The summed E-state index contributed by atoms with van der Waals surface area (Å²) < 4.78 is 37.8. The summed E-state index contributed by atoms with van der Waals surface area (Å²) in [7, 11) is 0. The van der Waals surface area contributed by atoms with Crippen molar-refractivity contribution in [1.29, 1.82) is 0 Å². The number of amides is 1. The van der Waals surface area contributed by atoms with Gasteiger partial charge in [-0.2, -0.15) is 13.2 Å². The average Bonchev–Trinajstić information content (AvgIpc) is 2.40. The van der Waals surface area contributed by atoms with Crippen LogP contribution in [-0.4, -0.2) is 10.9 Å². The minimum atomic E-state index is -4.55. The fourth-order valence-corrected chi connectivity index (χ4v) is 2.19. The fourth-order valence-electron chi connectivity index (χ4n) is 1.92. The van der Waals surface area contributed by atoms with Crippen molar-refractivity contribution in [3.63, 3.8) is 0 Å². The Morgan fingerprint density at radius 3 is 2.33 bits per heavy atom. The van der Waals surface area contributed by atoms with E-state index in [0.29, 0.717) is 11.8 Å². The first-order valence-electron chi connectivity index (χ1n) is 5.87. The number of carbonyl (C=O) groups is 1. The monoisotopic (exact) mass is 314 g/mol. The summed E-state index contributed by atoms with van der Waals surface area (Å²) in [5.41, 5.74) is 4.87. The van der Waals surface area contributed by atoms with Gasteiger partial charge in [0.15, 0.2) is 0 Å². The van der Waals surface area contributed by atoms with Crippen LogP contribution in [0, 0.1) is 0 Å². The van der Waals surface area contributed by atoms with E-state index in [4.69, 9.17) is 17.3 Å². The van der Waals surface area contributed by atoms with E-state index in [2.05, 4.69) is 4.98 Å². The molecule has 2 N–H and O–H groups in total. The van der Waals surface area contributed by atoms with E-state index < -0.39 is 23.6 Å². The lowest BCUT2D eigenvalue weighted by Crippen LogP contribution is -2.24. The van der Waals surface area contributed by atoms with Crippen LogP contribution < -0.4 is 5.73 Å². The van der Waals surface area contributed by atoms with E-state index in [9.17, 15) is 18.0 Å². The molecule has 0 spiro atoms. The van der Waals surface area contributed by atoms with Gasteiger partial charge in [0.05, 0.1) is 16.3 Å². The second-order valence-corrected chi connectivity index (χ2v) is 4.74. The largest absolute Gasteiger partial charge is 0.417 e. The molecule has 1 unspecified atom stereocenters. The number of primary amides is 1. The molecule has 1 heterocycles. The number of hydrogen-bond donors (Lipinski definition) is 1. The molecule has 0 saturated carbocycles. The third-order valence-corrected chi connectivity index (χ3v) is 3.19.